The van der Waals surface area contributed by atoms with Gasteiger partial charge in [0.25, 0.3) is 0 Å². The van der Waals surface area contributed by atoms with Crippen LogP contribution >= 0.6 is 0 Å². The number of ether oxygens (including phenoxy) is 1. The minimum Gasteiger partial charge on any atom is -0.394 e. The van der Waals surface area contributed by atoms with Gasteiger partial charge in [-0.25, -0.2) is 0 Å². The number of amides is 1. The summed E-state index contributed by atoms with van der Waals surface area (Å²) < 4.78 is 5.21. The molecule has 17 heavy (non-hydrogen) atoms. The third kappa shape index (κ3) is 3.18. The molecule has 1 amide bonds. The highest BCUT2D eigenvalue weighted by molar-refractivity contribution is 5.79. The van der Waals surface area contributed by atoms with Crippen molar-refractivity contribution in [1.29, 1.82) is 0 Å². The van der Waals surface area contributed by atoms with Crippen molar-refractivity contribution in [2.75, 3.05) is 46.0 Å². The topological polar surface area (TPSA) is 61.8 Å². The number of likely N-dealkylation sites (tertiary alicyclic amines) is 1. The van der Waals surface area contributed by atoms with Crippen molar-refractivity contribution >= 4 is 5.91 Å². The van der Waals surface area contributed by atoms with Gasteiger partial charge in [-0.2, -0.15) is 0 Å². The maximum absolute atomic E-state index is 11.9. The van der Waals surface area contributed by atoms with E-state index < -0.39 is 0 Å². The first-order chi connectivity index (χ1) is 8.26. The molecule has 2 saturated heterocycles. The zero-order valence-corrected chi connectivity index (χ0v) is 10.3. The smallest absolute Gasteiger partial charge is 0.223 e. The van der Waals surface area contributed by atoms with Gasteiger partial charge in [0.1, 0.15) is 0 Å². The van der Waals surface area contributed by atoms with E-state index in [2.05, 4.69) is 5.32 Å². The lowest BCUT2D eigenvalue weighted by atomic mass is 9.78. The van der Waals surface area contributed by atoms with Crippen LogP contribution in [0.4, 0.5) is 0 Å². The van der Waals surface area contributed by atoms with Gasteiger partial charge in [-0.1, -0.05) is 0 Å². The lowest BCUT2D eigenvalue weighted by molar-refractivity contribution is -0.128. The summed E-state index contributed by atoms with van der Waals surface area (Å²) in [6, 6.07) is 0. The summed E-state index contributed by atoms with van der Waals surface area (Å²) in [6.45, 7) is 4.54. The number of carbonyl (C=O) groups excluding carboxylic acids is 1. The van der Waals surface area contributed by atoms with Crippen molar-refractivity contribution < 1.29 is 14.6 Å². The Bertz CT molecular complexity index is 264. The second kappa shape index (κ2) is 5.80. The molecule has 2 fully saturated rings. The summed E-state index contributed by atoms with van der Waals surface area (Å²) in [6.07, 6.45) is 2.91. The van der Waals surface area contributed by atoms with Crippen molar-refractivity contribution in [3.05, 3.63) is 0 Å². The minimum absolute atomic E-state index is 0.0452. The first-order valence-corrected chi connectivity index (χ1v) is 6.43. The average Bonchev–Trinajstić information content (AvgIpc) is 2.62. The molecule has 98 valence electrons. The van der Waals surface area contributed by atoms with Crippen LogP contribution in [0.5, 0.6) is 0 Å². The van der Waals surface area contributed by atoms with Crippen molar-refractivity contribution in [2.45, 2.75) is 19.3 Å². The third-order valence-electron chi connectivity index (χ3n) is 3.81. The maximum Gasteiger partial charge on any atom is 0.223 e. The minimum atomic E-state index is 0.0452. The number of nitrogens with one attached hydrogen (secondary N) is 1. The summed E-state index contributed by atoms with van der Waals surface area (Å²) in [5.41, 5.74) is 0.222. The van der Waals surface area contributed by atoms with Gasteiger partial charge >= 0.3 is 0 Å². The van der Waals surface area contributed by atoms with E-state index in [1.54, 1.807) is 0 Å². The van der Waals surface area contributed by atoms with Gasteiger partial charge in [0.2, 0.25) is 5.91 Å². The predicted molar refractivity (Wildman–Crippen MR) is 63.6 cm³/mol. The van der Waals surface area contributed by atoms with Gasteiger partial charge < -0.3 is 20.1 Å². The van der Waals surface area contributed by atoms with E-state index in [1.807, 2.05) is 4.90 Å². The van der Waals surface area contributed by atoms with Crippen LogP contribution in [0.1, 0.15) is 19.3 Å². The molecule has 0 aromatic carbocycles. The van der Waals surface area contributed by atoms with E-state index in [1.165, 1.54) is 0 Å². The van der Waals surface area contributed by atoms with Gasteiger partial charge in [-0.05, 0) is 31.3 Å². The Morgan fingerprint density at radius 2 is 2.12 bits per heavy atom. The summed E-state index contributed by atoms with van der Waals surface area (Å²) in [7, 11) is 0. The summed E-state index contributed by atoms with van der Waals surface area (Å²) in [5.74, 6) is 0.263. The first-order valence-electron chi connectivity index (χ1n) is 6.43. The molecule has 2 heterocycles. The zero-order valence-electron chi connectivity index (χ0n) is 10.3. The fraction of sp³-hybridized carbons (Fsp3) is 0.917. The van der Waals surface area contributed by atoms with Crippen molar-refractivity contribution in [3.63, 3.8) is 0 Å². The molecule has 0 atom stereocenters. The van der Waals surface area contributed by atoms with Crippen LogP contribution in [0.15, 0.2) is 0 Å². The van der Waals surface area contributed by atoms with E-state index >= 15 is 0 Å². The zero-order chi connectivity index (χ0) is 12.1. The molecule has 2 rings (SSSR count). The predicted octanol–water partition coefficient (Wildman–Crippen LogP) is -0.403. The molecule has 2 aliphatic heterocycles. The van der Waals surface area contributed by atoms with Gasteiger partial charge in [0.05, 0.1) is 19.8 Å². The number of aliphatic hydroxyl groups is 1. The molecule has 0 bridgehead atoms. The number of hydrogen-bond donors (Lipinski definition) is 2. The number of aliphatic hydroxyl groups excluding tert-OH is 1. The lowest BCUT2D eigenvalue weighted by Crippen LogP contribution is -2.39. The Morgan fingerprint density at radius 1 is 1.35 bits per heavy atom. The third-order valence-corrected chi connectivity index (χ3v) is 3.81. The van der Waals surface area contributed by atoms with Crippen LogP contribution in [0, 0.1) is 5.41 Å². The molecule has 0 aromatic heterocycles. The van der Waals surface area contributed by atoms with Crippen LogP contribution in [0.2, 0.25) is 0 Å². The largest absolute Gasteiger partial charge is 0.394 e. The maximum atomic E-state index is 11.9. The molecule has 0 saturated carbocycles. The fourth-order valence-corrected chi connectivity index (χ4v) is 2.82. The summed E-state index contributed by atoms with van der Waals surface area (Å²) in [5, 5.41) is 11.9. The number of rotatable bonds is 5. The second-order valence-corrected chi connectivity index (χ2v) is 5.08. The van der Waals surface area contributed by atoms with E-state index in [0.717, 1.165) is 32.5 Å². The van der Waals surface area contributed by atoms with Crippen LogP contribution < -0.4 is 5.32 Å². The molecule has 0 radical (unpaired) electrons. The Hall–Kier alpha value is -0.650. The van der Waals surface area contributed by atoms with Gasteiger partial charge in [-0.3, -0.25) is 4.79 Å². The Labute approximate surface area is 102 Å². The SMILES string of the molecule is O=C1CC2(CCNCC2)CN1CCOCCO. The molecule has 2 N–H and O–H groups in total. The second-order valence-electron chi connectivity index (χ2n) is 5.08. The molecule has 0 aromatic rings. The van der Waals surface area contributed by atoms with Crippen LogP contribution in [0.3, 0.4) is 0 Å². The Morgan fingerprint density at radius 3 is 2.82 bits per heavy atom. The Balaban J connectivity index is 1.78. The highest BCUT2D eigenvalue weighted by atomic mass is 16.5. The van der Waals surface area contributed by atoms with Crippen molar-refractivity contribution in [2.24, 2.45) is 5.41 Å². The van der Waals surface area contributed by atoms with Gasteiger partial charge in [0.15, 0.2) is 0 Å². The van der Waals surface area contributed by atoms with Gasteiger partial charge in [0, 0.05) is 19.5 Å². The fourth-order valence-electron chi connectivity index (χ4n) is 2.82. The molecule has 0 aliphatic carbocycles. The van der Waals surface area contributed by atoms with E-state index in [9.17, 15) is 4.79 Å². The Kier molecular flexibility index (Phi) is 4.36. The quantitative estimate of drug-likeness (QED) is 0.644. The van der Waals surface area contributed by atoms with Crippen LogP contribution in [-0.2, 0) is 9.53 Å². The molecular formula is C12H22N2O3. The summed E-state index contributed by atoms with van der Waals surface area (Å²) >= 11 is 0. The van der Waals surface area contributed by atoms with Crippen molar-refractivity contribution in [3.8, 4) is 0 Å². The molecule has 5 nitrogen and oxygen atoms in total. The number of nitrogens with zero attached hydrogens (tertiary/aromatic N) is 1. The van der Waals surface area contributed by atoms with E-state index in [4.69, 9.17) is 9.84 Å². The highest BCUT2D eigenvalue weighted by Crippen LogP contribution is 2.38. The normalized spacial score (nSPS) is 23.6. The van der Waals surface area contributed by atoms with E-state index in [-0.39, 0.29) is 17.9 Å². The molecule has 0 unspecified atom stereocenters. The first kappa shape index (κ1) is 12.8. The van der Waals surface area contributed by atoms with Crippen LogP contribution in [0.25, 0.3) is 0 Å². The number of piperidine rings is 1. The summed E-state index contributed by atoms with van der Waals surface area (Å²) in [4.78, 5) is 13.8. The standard InChI is InChI=1S/C12H22N2O3/c15-6-8-17-7-5-14-10-12(9-11(14)16)1-3-13-4-2-12/h13,15H,1-10H2. The highest BCUT2D eigenvalue weighted by Gasteiger charge is 2.43. The monoisotopic (exact) mass is 242 g/mol. The number of hydrogen-bond acceptors (Lipinski definition) is 4. The molecule has 5 heteroatoms. The lowest BCUT2D eigenvalue weighted by Gasteiger charge is -2.33. The van der Waals surface area contributed by atoms with Crippen LogP contribution in [-0.4, -0.2) is 61.9 Å². The average molecular weight is 242 g/mol. The number of carbonyl (C=O) groups is 1. The molecular weight excluding hydrogens is 220 g/mol. The molecule has 2 aliphatic rings. The van der Waals surface area contributed by atoms with Crippen molar-refractivity contribution in [1.82, 2.24) is 10.2 Å². The van der Waals surface area contributed by atoms with E-state index in [0.29, 0.717) is 26.2 Å². The molecule has 1 spiro atoms. The van der Waals surface area contributed by atoms with Gasteiger partial charge in [-0.15, -0.1) is 0 Å².